The van der Waals surface area contributed by atoms with Crippen LogP contribution in [0.1, 0.15) is 17.2 Å². The molecule has 1 aliphatic rings. The average Bonchev–Trinajstić information content (AvgIpc) is 2.50. The quantitative estimate of drug-likeness (QED) is 0.677. The van der Waals surface area contributed by atoms with Crippen molar-refractivity contribution in [2.45, 2.75) is 13.0 Å². The van der Waals surface area contributed by atoms with Gasteiger partial charge < -0.3 is 5.32 Å². The molecule has 0 saturated carbocycles. The highest BCUT2D eigenvalue weighted by Crippen LogP contribution is 2.21. The second-order valence-corrected chi connectivity index (χ2v) is 3.40. The van der Waals surface area contributed by atoms with Gasteiger partial charge in [-0.15, -0.1) is 0 Å². The van der Waals surface area contributed by atoms with Crippen LogP contribution in [0, 0.1) is 12.7 Å². The van der Waals surface area contributed by atoms with Crippen molar-refractivity contribution in [1.29, 1.82) is 0 Å². The molecule has 15 heavy (non-hydrogen) atoms. The maximum Gasteiger partial charge on any atom is 0.322 e. The maximum absolute atomic E-state index is 13.0. The third-order valence-corrected chi connectivity index (χ3v) is 2.33. The van der Waals surface area contributed by atoms with Gasteiger partial charge in [0, 0.05) is 0 Å². The molecule has 0 spiro atoms. The zero-order valence-corrected chi connectivity index (χ0v) is 8.00. The van der Waals surface area contributed by atoms with Gasteiger partial charge in [0.1, 0.15) is 11.9 Å². The molecule has 1 fully saturated rings. The van der Waals surface area contributed by atoms with E-state index >= 15 is 0 Å². The van der Waals surface area contributed by atoms with Gasteiger partial charge in [-0.25, -0.2) is 9.18 Å². The van der Waals surface area contributed by atoms with Crippen LogP contribution in [0.3, 0.4) is 0 Å². The molecule has 78 valence electrons. The van der Waals surface area contributed by atoms with Crippen LogP contribution in [0.4, 0.5) is 9.18 Å². The van der Waals surface area contributed by atoms with Gasteiger partial charge in [-0.3, -0.25) is 10.1 Å². The van der Waals surface area contributed by atoms with Gasteiger partial charge in [-0.1, -0.05) is 6.07 Å². The summed E-state index contributed by atoms with van der Waals surface area (Å²) in [4.78, 5) is 22.2. The van der Waals surface area contributed by atoms with Crippen molar-refractivity contribution in [3.63, 3.8) is 0 Å². The lowest BCUT2D eigenvalue weighted by Gasteiger charge is -2.10. The van der Waals surface area contributed by atoms with Crippen LogP contribution in [0.5, 0.6) is 0 Å². The molecule has 1 unspecified atom stereocenters. The number of aryl methyl sites for hydroxylation is 1. The van der Waals surface area contributed by atoms with E-state index in [0.717, 1.165) is 5.56 Å². The first-order valence-electron chi connectivity index (χ1n) is 4.45. The topological polar surface area (TPSA) is 58.2 Å². The van der Waals surface area contributed by atoms with Gasteiger partial charge in [0.25, 0.3) is 5.91 Å². The summed E-state index contributed by atoms with van der Waals surface area (Å²) in [5.74, 6) is -0.877. The van der Waals surface area contributed by atoms with Crippen LogP contribution in [-0.4, -0.2) is 11.9 Å². The van der Waals surface area contributed by atoms with Crippen molar-refractivity contribution in [2.24, 2.45) is 0 Å². The minimum absolute atomic E-state index is 0.426. The average molecular weight is 208 g/mol. The number of carbonyl (C=O) groups excluding carboxylic acids is 2. The molecule has 5 heteroatoms. The van der Waals surface area contributed by atoms with Crippen molar-refractivity contribution in [3.05, 3.63) is 35.1 Å². The summed E-state index contributed by atoms with van der Waals surface area (Å²) in [6.07, 6.45) is 0. The number of imide groups is 1. The van der Waals surface area contributed by atoms with Crippen molar-refractivity contribution < 1.29 is 14.0 Å². The molecule has 0 aromatic heterocycles. The van der Waals surface area contributed by atoms with E-state index in [0.29, 0.717) is 5.56 Å². The Kier molecular flexibility index (Phi) is 2.15. The smallest absolute Gasteiger partial charge is 0.322 e. The van der Waals surface area contributed by atoms with E-state index in [9.17, 15) is 14.0 Å². The van der Waals surface area contributed by atoms with Crippen LogP contribution in [0.15, 0.2) is 18.2 Å². The third kappa shape index (κ3) is 1.68. The highest BCUT2D eigenvalue weighted by molar-refractivity contribution is 6.04. The molecule has 1 aliphatic heterocycles. The first-order valence-corrected chi connectivity index (χ1v) is 4.45. The lowest BCUT2D eigenvalue weighted by Crippen LogP contribution is -2.22. The van der Waals surface area contributed by atoms with Gasteiger partial charge in [0.2, 0.25) is 0 Å². The summed E-state index contributed by atoms with van der Waals surface area (Å²) < 4.78 is 13.0. The van der Waals surface area contributed by atoms with Gasteiger partial charge in [-0.05, 0) is 30.2 Å². The summed E-state index contributed by atoms with van der Waals surface area (Å²) in [7, 11) is 0. The molecule has 4 nitrogen and oxygen atoms in total. The molecule has 1 saturated heterocycles. The van der Waals surface area contributed by atoms with Crippen LogP contribution < -0.4 is 10.6 Å². The van der Waals surface area contributed by atoms with E-state index < -0.39 is 23.8 Å². The number of hydrogen-bond acceptors (Lipinski definition) is 2. The van der Waals surface area contributed by atoms with Crippen molar-refractivity contribution in [2.75, 3.05) is 0 Å². The zero-order chi connectivity index (χ0) is 11.0. The Morgan fingerprint density at radius 2 is 2.07 bits per heavy atom. The fraction of sp³-hybridized carbons (Fsp3) is 0.200. The highest BCUT2D eigenvalue weighted by atomic mass is 19.1. The predicted molar refractivity (Wildman–Crippen MR) is 50.6 cm³/mol. The number of urea groups is 1. The Morgan fingerprint density at radius 1 is 1.33 bits per heavy atom. The number of amides is 3. The van der Waals surface area contributed by atoms with E-state index in [2.05, 4.69) is 10.6 Å². The molecular formula is C10H9FN2O2. The lowest BCUT2D eigenvalue weighted by molar-refractivity contribution is -0.120. The number of hydrogen-bond donors (Lipinski definition) is 2. The number of rotatable bonds is 1. The predicted octanol–water partition coefficient (Wildman–Crippen LogP) is 1.01. The number of halogens is 1. The fourth-order valence-electron chi connectivity index (χ4n) is 1.56. The number of carbonyl (C=O) groups is 2. The molecule has 2 rings (SSSR count). The van der Waals surface area contributed by atoms with Gasteiger partial charge in [0.15, 0.2) is 0 Å². The Morgan fingerprint density at radius 3 is 2.67 bits per heavy atom. The Hall–Kier alpha value is -1.91. The van der Waals surface area contributed by atoms with Crippen LogP contribution in [0.2, 0.25) is 0 Å². The molecular weight excluding hydrogens is 199 g/mol. The largest absolute Gasteiger partial charge is 0.322 e. The third-order valence-electron chi connectivity index (χ3n) is 2.33. The Labute approximate surface area is 85.5 Å². The maximum atomic E-state index is 13.0. The minimum Gasteiger partial charge on any atom is -0.322 e. The molecule has 2 N–H and O–H groups in total. The molecule has 0 radical (unpaired) electrons. The standard InChI is InChI=1S/C10H9FN2O2/c1-5-2-3-6(11)4-7(5)8-9(14)13-10(15)12-8/h2-4,8H,1H3,(H2,12,13,14,15). The second kappa shape index (κ2) is 3.34. The fourth-order valence-corrected chi connectivity index (χ4v) is 1.56. The van der Waals surface area contributed by atoms with E-state index in [1.54, 1.807) is 13.0 Å². The minimum atomic E-state index is -0.784. The molecule has 0 aliphatic carbocycles. The molecule has 1 aromatic carbocycles. The summed E-state index contributed by atoms with van der Waals surface area (Å²) in [5.41, 5.74) is 1.25. The SMILES string of the molecule is Cc1ccc(F)cc1C1NC(=O)NC1=O. The molecule has 1 heterocycles. The van der Waals surface area contributed by atoms with E-state index in [1.165, 1.54) is 12.1 Å². The Bertz CT molecular complexity index is 445. The van der Waals surface area contributed by atoms with Crippen molar-refractivity contribution in [3.8, 4) is 0 Å². The zero-order valence-electron chi connectivity index (χ0n) is 8.00. The number of benzene rings is 1. The summed E-state index contributed by atoms with van der Waals surface area (Å²) in [5, 5.41) is 4.52. The van der Waals surface area contributed by atoms with E-state index in [-0.39, 0.29) is 0 Å². The monoisotopic (exact) mass is 208 g/mol. The molecule has 1 aromatic rings. The van der Waals surface area contributed by atoms with Crippen LogP contribution >= 0.6 is 0 Å². The van der Waals surface area contributed by atoms with Crippen LogP contribution in [-0.2, 0) is 4.79 Å². The highest BCUT2D eigenvalue weighted by Gasteiger charge is 2.31. The normalized spacial score (nSPS) is 20.0. The van der Waals surface area contributed by atoms with Crippen molar-refractivity contribution >= 4 is 11.9 Å². The summed E-state index contributed by atoms with van der Waals surface area (Å²) >= 11 is 0. The lowest BCUT2D eigenvalue weighted by atomic mass is 10.0. The van der Waals surface area contributed by atoms with Gasteiger partial charge in [0.05, 0.1) is 0 Å². The molecule has 1 atom stereocenters. The second-order valence-electron chi connectivity index (χ2n) is 3.40. The van der Waals surface area contributed by atoms with Gasteiger partial charge >= 0.3 is 6.03 Å². The first-order chi connectivity index (χ1) is 7.08. The molecule has 0 bridgehead atoms. The van der Waals surface area contributed by atoms with E-state index in [4.69, 9.17) is 0 Å². The summed E-state index contributed by atoms with van der Waals surface area (Å²) in [6, 6.07) is 2.81. The summed E-state index contributed by atoms with van der Waals surface area (Å²) in [6.45, 7) is 1.76. The van der Waals surface area contributed by atoms with E-state index in [1.807, 2.05) is 0 Å². The Balaban J connectivity index is 2.41. The first kappa shape index (κ1) is 9.64. The molecule has 3 amide bonds. The number of nitrogens with one attached hydrogen (secondary N) is 2. The van der Waals surface area contributed by atoms with Gasteiger partial charge in [-0.2, -0.15) is 0 Å². The van der Waals surface area contributed by atoms with Crippen molar-refractivity contribution in [1.82, 2.24) is 10.6 Å². The van der Waals surface area contributed by atoms with Crippen LogP contribution in [0.25, 0.3) is 0 Å².